The first-order chi connectivity index (χ1) is 12.3. The number of fused-ring (bicyclic) bond motifs is 1. The number of carbonyl (C=O) groups is 1. The molecular formula is C19H18ClNO3S2. The fourth-order valence-electron chi connectivity index (χ4n) is 2.69. The number of thiophene rings is 1. The Bertz CT molecular complexity index is 1090. The van der Waals surface area contributed by atoms with Crippen LogP contribution in [0.1, 0.15) is 34.1 Å². The van der Waals surface area contributed by atoms with Gasteiger partial charge in [0.2, 0.25) is 15.8 Å². The second kappa shape index (κ2) is 7.48. The van der Waals surface area contributed by atoms with Gasteiger partial charge in [-0.25, -0.2) is 13.1 Å². The largest absolute Gasteiger partial charge is 0.288 e. The maximum Gasteiger partial charge on any atom is 0.242 e. The molecule has 0 bridgehead atoms. The van der Waals surface area contributed by atoms with Crippen molar-refractivity contribution < 1.29 is 13.2 Å². The monoisotopic (exact) mass is 407 g/mol. The number of aryl methyl sites for hydroxylation is 1. The molecule has 1 aromatic heterocycles. The average molecular weight is 408 g/mol. The number of carbonyl (C=O) groups excluding carboxylic acids is 1. The number of halogens is 1. The summed E-state index contributed by atoms with van der Waals surface area (Å²) in [6.07, 6.45) is 0.663. The summed E-state index contributed by atoms with van der Waals surface area (Å²) in [5, 5.41) is 1.13. The Hall–Kier alpha value is -1.73. The molecular weight excluding hydrogens is 390 g/mol. The van der Waals surface area contributed by atoms with Gasteiger partial charge in [-0.2, -0.15) is 0 Å². The van der Waals surface area contributed by atoms with Crippen molar-refractivity contribution in [1.29, 1.82) is 0 Å². The maximum atomic E-state index is 13.0. The molecule has 0 amide bonds. The highest BCUT2D eigenvalue weighted by Crippen LogP contribution is 2.33. The standard InChI is InChI=1S/C19H18ClNO3S2/c1-3-10-21-26(23,24)17-11-13(8-9-15(17)20)18(22)19-12(2)14-6-4-5-7-16(14)25-19/h4-9,11,21H,3,10H2,1-2H3. The molecule has 0 spiro atoms. The SMILES string of the molecule is CCCNS(=O)(=O)c1cc(C(=O)c2sc3ccccc3c2C)ccc1Cl. The van der Waals surface area contributed by atoms with Crippen LogP contribution >= 0.6 is 22.9 Å². The minimum absolute atomic E-state index is 0.0720. The number of sulfonamides is 1. The quantitative estimate of drug-likeness (QED) is 0.598. The number of nitrogens with one attached hydrogen (secondary N) is 1. The van der Waals surface area contributed by atoms with Crippen LogP contribution in [-0.2, 0) is 10.0 Å². The van der Waals surface area contributed by atoms with Gasteiger partial charge >= 0.3 is 0 Å². The molecule has 26 heavy (non-hydrogen) atoms. The first kappa shape index (κ1) is 19.0. The van der Waals surface area contributed by atoms with Crippen LogP contribution in [0.15, 0.2) is 47.4 Å². The van der Waals surface area contributed by atoms with Gasteiger partial charge in [-0.15, -0.1) is 11.3 Å². The summed E-state index contributed by atoms with van der Waals surface area (Å²) < 4.78 is 28.4. The molecule has 3 rings (SSSR count). The number of ketones is 1. The molecule has 0 saturated heterocycles. The highest BCUT2D eigenvalue weighted by Gasteiger charge is 2.22. The minimum atomic E-state index is -3.76. The van der Waals surface area contributed by atoms with Crippen LogP contribution in [-0.4, -0.2) is 20.7 Å². The Morgan fingerprint density at radius 3 is 2.62 bits per heavy atom. The van der Waals surface area contributed by atoms with Gasteiger partial charge in [0.25, 0.3) is 0 Å². The van der Waals surface area contributed by atoms with E-state index in [4.69, 9.17) is 11.6 Å². The fourth-order valence-corrected chi connectivity index (χ4v) is 5.52. The van der Waals surface area contributed by atoms with Crippen molar-refractivity contribution in [2.75, 3.05) is 6.54 Å². The van der Waals surface area contributed by atoms with Gasteiger partial charge in [-0.05, 0) is 48.6 Å². The van der Waals surface area contributed by atoms with Crippen LogP contribution in [0.25, 0.3) is 10.1 Å². The van der Waals surface area contributed by atoms with E-state index in [1.807, 2.05) is 38.1 Å². The molecule has 0 unspecified atom stereocenters. The van der Waals surface area contributed by atoms with Crippen molar-refractivity contribution in [2.24, 2.45) is 0 Å². The van der Waals surface area contributed by atoms with Crippen molar-refractivity contribution in [3.05, 3.63) is 63.5 Å². The Morgan fingerprint density at radius 1 is 1.19 bits per heavy atom. The molecule has 136 valence electrons. The van der Waals surface area contributed by atoms with E-state index < -0.39 is 10.0 Å². The summed E-state index contributed by atoms with van der Waals surface area (Å²) in [5.74, 6) is -0.202. The zero-order chi connectivity index (χ0) is 18.9. The smallest absolute Gasteiger partial charge is 0.242 e. The van der Waals surface area contributed by atoms with E-state index in [9.17, 15) is 13.2 Å². The molecule has 7 heteroatoms. The summed E-state index contributed by atoms with van der Waals surface area (Å²) in [5.41, 5.74) is 1.21. The van der Waals surface area contributed by atoms with Crippen LogP contribution < -0.4 is 4.72 Å². The second-order valence-corrected chi connectivity index (χ2v) is 9.12. The van der Waals surface area contributed by atoms with Gasteiger partial charge in [0, 0.05) is 16.8 Å². The molecule has 1 heterocycles. The lowest BCUT2D eigenvalue weighted by Crippen LogP contribution is -2.25. The maximum absolute atomic E-state index is 13.0. The zero-order valence-electron chi connectivity index (χ0n) is 14.4. The van der Waals surface area contributed by atoms with Crippen molar-refractivity contribution in [2.45, 2.75) is 25.2 Å². The normalized spacial score (nSPS) is 11.8. The van der Waals surface area contributed by atoms with Crippen molar-refractivity contribution in [3.63, 3.8) is 0 Å². The molecule has 0 saturated carbocycles. The number of rotatable bonds is 6. The van der Waals surface area contributed by atoms with E-state index in [2.05, 4.69) is 4.72 Å². The predicted molar refractivity (Wildman–Crippen MR) is 107 cm³/mol. The Balaban J connectivity index is 2.05. The van der Waals surface area contributed by atoms with E-state index in [1.54, 1.807) is 6.07 Å². The van der Waals surface area contributed by atoms with Gasteiger partial charge in [0.05, 0.1) is 9.90 Å². The Morgan fingerprint density at radius 2 is 1.92 bits per heavy atom. The van der Waals surface area contributed by atoms with Gasteiger partial charge in [0.1, 0.15) is 4.90 Å². The second-order valence-electron chi connectivity index (χ2n) is 5.92. The molecule has 0 aliphatic rings. The third kappa shape index (κ3) is 3.55. The molecule has 0 aliphatic carbocycles. The number of benzene rings is 2. The highest BCUT2D eigenvalue weighted by atomic mass is 35.5. The highest BCUT2D eigenvalue weighted by molar-refractivity contribution is 7.89. The van der Waals surface area contributed by atoms with E-state index in [0.29, 0.717) is 23.4 Å². The van der Waals surface area contributed by atoms with Crippen LogP contribution in [0.3, 0.4) is 0 Å². The molecule has 1 N–H and O–H groups in total. The predicted octanol–water partition coefficient (Wildman–Crippen LogP) is 4.78. The van der Waals surface area contributed by atoms with Gasteiger partial charge in [-0.1, -0.05) is 36.7 Å². The third-order valence-corrected chi connectivity index (χ3v) is 7.29. The van der Waals surface area contributed by atoms with E-state index in [0.717, 1.165) is 15.6 Å². The van der Waals surface area contributed by atoms with Gasteiger partial charge < -0.3 is 0 Å². The van der Waals surface area contributed by atoms with Crippen molar-refractivity contribution in [3.8, 4) is 0 Å². The number of hydrogen-bond acceptors (Lipinski definition) is 4. The van der Waals surface area contributed by atoms with Crippen LogP contribution in [0.5, 0.6) is 0 Å². The summed E-state index contributed by atoms with van der Waals surface area (Å²) >= 11 is 7.49. The first-order valence-electron chi connectivity index (χ1n) is 8.17. The number of hydrogen-bond donors (Lipinski definition) is 1. The lowest BCUT2D eigenvalue weighted by Gasteiger charge is -2.09. The van der Waals surface area contributed by atoms with Gasteiger partial charge in [0.15, 0.2) is 0 Å². The van der Waals surface area contributed by atoms with E-state index >= 15 is 0 Å². The van der Waals surface area contributed by atoms with Crippen LogP contribution in [0.4, 0.5) is 0 Å². The fraction of sp³-hybridized carbons (Fsp3) is 0.211. The molecule has 2 aromatic carbocycles. The van der Waals surface area contributed by atoms with Crippen LogP contribution in [0.2, 0.25) is 5.02 Å². The van der Waals surface area contributed by atoms with Gasteiger partial charge in [-0.3, -0.25) is 4.79 Å². The Kier molecular flexibility index (Phi) is 5.48. The van der Waals surface area contributed by atoms with Crippen molar-refractivity contribution in [1.82, 2.24) is 4.72 Å². The first-order valence-corrected chi connectivity index (χ1v) is 10.8. The lowest BCUT2D eigenvalue weighted by atomic mass is 10.1. The molecule has 0 aliphatic heterocycles. The summed E-state index contributed by atoms with van der Waals surface area (Å²) in [6.45, 7) is 4.09. The van der Waals surface area contributed by atoms with Crippen LogP contribution in [0, 0.1) is 6.92 Å². The molecule has 4 nitrogen and oxygen atoms in total. The van der Waals surface area contributed by atoms with E-state index in [-0.39, 0.29) is 15.7 Å². The molecule has 0 radical (unpaired) electrons. The Labute approximate surface area is 161 Å². The molecule has 0 atom stereocenters. The summed E-state index contributed by atoms with van der Waals surface area (Å²) in [7, 11) is -3.76. The molecule has 0 fully saturated rings. The average Bonchev–Trinajstić information content (AvgIpc) is 2.97. The van der Waals surface area contributed by atoms with E-state index in [1.165, 1.54) is 23.5 Å². The van der Waals surface area contributed by atoms with Crippen molar-refractivity contribution >= 4 is 48.8 Å². The topological polar surface area (TPSA) is 63.2 Å². The summed E-state index contributed by atoms with van der Waals surface area (Å²) in [6, 6.07) is 12.2. The minimum Gasteiger partial charge on any atom is -0.288 e. The zero-order valence-corrected chi connectivity index (χ0v) is 16.8. The lowest BCUT2D eigenvalue weighted by molar-refractivity contribution is 0.104. The summed E-state index contributed by atoms with van der Waals surface area (Å²) in [4.78, 5) is 13.5. The molecule has 3 aromatic rings. The third-order valence-electron chi connectivity index (χ3n) is 4.07.